The number of aryl methyl sites for hydroxylation is 2. The molecule has 3 nitrogen and oxygen atoms in total. The Hall–Kier alpha value is -0.870. The van der Waals surface area contributed by atoms with E-state index in [9.17, 15) is 9.90 Å². The van der Waals surface area contributed by atoms with E-state index in [4.69, 9.17) is 0 Å². The van der Waals surface area contributed by atoms with Gasteiger partial charge in [0.2, 0.25) is 0 Å². The smallest absolute Gasteiger partial charge is 0.261 e. The first kappa shape index (κ1) is 15.2. The van der Waals surface area contributed by atoms with Crippen molar-refractivity contribution in [1.82, 2.24) is 5.32 Å². The van der Waals surface area contributed by atoms with E-state index in [1.165, 1.54) is 10.4 Å². The molecule has 1 amide bonds. The van der Waals surface area contributed by atoms with Crippen LogP contribution in [-0.4, -0.2) is 23.7 Å². The maximum atomic E-state index is 11.9. The molecule has 0 aliphatic rings. The predicted octanol–water partition coefficient (Wildman–Crippen LogP) is 2.76. The van der Waals surface area contributed by atoms with E-state index in [0.717, 1.165) is 11.3 Å². The van der Waals surface area contributed by atoms with Crippen LogP contribution in [0.1, 0.15) is 47.3 Å². The van der Waals surface area contributed by atoms with E-state index in [-0.39, 0.29) is 17.9 Å². The topological polar surface area (TPSA) is 49.3 Å². The molecular weight excluding hydrogens is 246 g/mol. The molecule has 0 radical (unpaired) electrons. The number of rotatable bonds is 6. The zero-order valence-electron chi connectivity index (χ0n) is 11.6. The fourth-order valence-corrected chi connectivity index (χ4v) is 2.77. The van der Waals surface area contributed by atoms with Gasteiger partial charge in [-0.05, 0) is 37.3 Å². The average Bonchev–Trinajstić information content (AvgIpc) is 2.70. The number of hydrogen-bond donors (Lipinski definition) is 2. The Morgan fingerprint density at radius 2 is 2.17 bits per heavy atom. The van der Waals surface area contributed by atoms with Crippen molar-refractivity contribution in [2.45, 2.75) is 46.6 Å². The zero-order chi connectivity index (χ0) is 13.7. The Bertz CT molecular complexity index is 398. The third kappa shape index (κ3) is 4.10. The minimum absolute atomic E-state index is 0.0289. The lowest BCUT2D eigenvalue weighted by molar-refractivity contribution is 0.0924. The van der Waals surface area contributed by atoms with Gasteiger partial charge in [-0.2, -0.15) is 0 Å². The van der Waals surface area contributed by atoms with Gasteiger partial charge in [-0.25, -0.2) is 0 Å². The highest BCUT2D eigenvalue weighted by atomic mass is 32.1. The van der Waals surface area contributed by atoms with Crippen LogP contribution in [0.5, 0.6) is 0 Å². The quantitative estimate of drug-likeness (QED) is 0.834. The summed E-state index contributed by atoms with van der Waals surface area (Å²) >= 11 is 1.56. The SMILES string of the molecule is CCc1sc(C(=O)NCCC(O)C(C)C)cc1C. The van der Waals surface area contributed by atoms with Gasteiger partial charge in [0.05, 0.1) is 11.0 Å². The molecule has 0 aromatic carbocycles. The second-order valence-electron chi connectivity index (χ2n) is 4.93. The van der Waals surface area contributed by atoms with Gasteiger partial charge in [0.1, 0.15) is 0 Å². The van der Waals surface area contributed by atoms with Crippen LogP contribution in [-0.2, 0) is 6.42 Å². The first-order valence-corrected chi connectivity index (χ1v) is 7.32. The third-order valence-corrected chi connectivity index (χ3v) is 4.44. The largest absolute Gasteiger partial charge is 0.393 e. The highest BCUT2D eigenvalue weighted by molar-refractivity contribution is 7.14. The summed E-state index contributed by atoms with van der Waals surface area (Å²) < 4.78 is 0. The Labute approximate surface area is 113 Å². The molecule has 0 bridgehead atoms. The van der Waals surface area contributed by atoms with Gasteiger partial charge in [0.15, 0.2) is 0 Å². The molecular formula is C14H23NO2S. The lowest BCUT2D eigenvalue weighted by Crippen LogP contribution is -2.28. The summed E-state index contributed by atoms with van der Waals surface area (Å²) in [4.78, 5) is 13.9. The lowest BCUT2D eigenvalue weighted by atomic mass is 10.0. The van der Waals surface area contributed by atoms with Gasteiger partial charge in [0.25, 0.3) is 5.91 Å². The average molecular weight is 269 g/mol. The standard InChI is InChI=1S/C14H23NO2S/c1-5-12-10(4)8-13(18-12)14(17)15-7-6-11(16)9(2)3/h8-9,11,16H,5-7H2,1-4H3,(H,15,17). The molecule has 102 valence electrons. The number of thiophene rings is 1. The maximum Gasteiger partial charge on any atom is 0.261 e. The normalized spacial score (nSPS) is 12.8. The summed E-state index contributed by atoms with van der Waals surface area (Å²) in [5.74, 6) is 0.205. The molecule has 0 aliphatic heterocycles. The van der Waals surface area contributed by atoms with Crippen LogP contribution in [0.25, 0.3) is 0 Å². The number of amides is 1. The van der Waals surface area contributed by atoms with Crippen LogP contribution in [0.2, 0.25) is 0 Å². The minimum atomic E-state index is -0.346. The molecule has 1 aromatic heterocycles. The van der Waals surface area contributed by atoms with E-state index in [0.29, 0.717) is 13.0 Å². The van der Waals surface area contributed by atoms with Crippen LogP contribution in [0.15, 0.2) is 6.07 Å². The van der Waals surface area contributed by atoms with Crippen molar-refractivity contribution in [3.8, 4) is 0 Å². The minimum Gasteiger partial charge on any atom is -0.393 e. The summed E-state index contributed by atoms with van der Waals surface area (Å²) in [6, 6.07) is 1.94. The highest BCUT2D eigenvalue weighted by Crippen LogP contribution is 2.22. The zero-order valence-corrected chi connectivity index (χ0v) is 12.4. The molecule has 4 heteroatoms. The summed E-state index contributed by atoms with van der Waals surface area (Å²) in [5.41, 5.74) is 1.19. The molecule has 1 unspecified atom stereocenters. The number of aliphatic hydroxyl groups excluding tert-OH is 1. The summed E-state index contributed by atoms with van der Waals surface area (Å²) in [6.45, 7) is 8.61. The maximum absolute atomic E-state index is 11.9. The van der Waals surface area contributed by atoms with Gasteiger partial charge in [-0.1, -0.05) is 20.8 Å². The van der Waals surface area contributed by atoms with Crippen molar-refractivity contribution in [2.75, 3.05) is 6.54 Å². The van der Waals surface area contributed by atoms with Crippen molar-refractivity contribution in [3.63, 3.8) is 0 Å². The van der Waals surface area contributed by atoms with Crippen LogP contribution in [0, 0.1) is 12.8 Å². The molecule has 0 fully saturated rings. The molecule has 1 aromatic rings. The van der Waals surface area contributed by atoms with Crippen molar-refractivity contribution in [2.24, 2.45) is 5.92 Å². The van der Waals surface area contributed by atoms with Crippen LogP contribution in [0.4, 0.5) is 0 Å². The predicted molar refractivity (Wildman–Crippen MR) is 76.2 cm³/mol. The lowest BCUT2D eigenvalue weighted by Gasteiger charge is -2.14. The molecule has 0 saturated carbocycles. The Morgan fingerprint density at radius 3 is 2.67 bits per heavy atom. The molecule has 0 spiro atoms. The number of hydrogen-bond acceptors (Lipinski definition) is 3. The summed E-state index contributed by atoms with van der Waals surface area (Å²) in [6.07, 6.45) is 1.23. The Morgan fingerprint density at radius 1 is 1.50 bits per heavy atom. The molecule has 2 N–H and O–H groups in total. The molecule has 1 rings (SSSR count). The summed E-state index contributed by atoms with van der Waals surface area (Å²) in [5, 5.41) is 12.5. The van der Waals surface area contributed by atoms with E-state index in [2.05, 4.69) is 12.2 Å². The second-order valence-corrected chi connectivity index (χ2v) is 6.06. The molecule has 0 aliphatic carbocycles. The monoisotopic (exact) mass is 269 g/mol. The Balaban J connectivity index is 2.45. The molecule has 0 saturated heterocycles. The first-order valence-electron chi connectivity index (χ1n) is 6.51. The molecule has 1 atom stereocenters. The third-order valence-electron chi connectivity index (χ3n) is 3.06. The van der Waals surface area contributed by atoms with E-state index >= 15 is 0 Å². The number of carbonyl (C=O) groups is 1. The van der Waals surface area contributed by atoms with E-state index < -0.39 is 0 Å². The number of nitrogens with one attached hydrogen (secondary N) is 1. The molecule has 18 heavy (non-hydrogen) atoms. The Kier molecular flexibility index (Phi) is 5.82. The van der Waals surface area contributed by atoms with Crippen molar-refractivity contribution < 1.29 is 9.90 Å². The highest BCUT2D eigenvalue weighted by Gasteiger charge is 2.13. The van der Waals surface area contributed by atoms with Crippen molar-refractivity contribution in [3.05, 3.63) is 21.4 Å². The first-order chi connectivity index (χ1) is 8.45. The van der Waals surface area contributed by atoms with Gasteiger partial charge in [-0.15, -0.1) is 11.3 Å². The number of carbonyl (C=O) groups excluding carboxylic acids is 1. The van der Waals surface area contributed by atoms with E-state index in [1.807, 2.05) is 26.8 Å². The van der Waals surface area contributed by atoms with Crippen molar-refractivity contribution in [1.29, 1.82) is 0 Å². The number of aliphatic hydroxyl groups is 1. The van der Waals surface area contributed by atoms with E-state index in [1.54, 1.807) is 11.3 Å². The van der Waals surface area contributed by atoms with Gasteiger partial charge < -0.3 is 10.4 Å². The fraction of sp³-hybridized carbons (Fsp3) is 0.643. The van der Waals surface area contributed by atoms with Crippen LogP contribution in [0.3, 0.4) is 0 Å². The molecule has 1 heterocycles. The van der Waals surface area contributed by atoms with Gasteiger partial charge in [-0.3, -0.25) is 4.79 Å². The van der Waals surface area contributed by atoms with Crippen LogP contribution >= 0.6 is 11.3 Å². The second kappa shape index (κ2) is 6.90. The van der Waals surface area contributed by atoms with Crippen LogP contribution < -0.4 is 5.32 Å². The van der Waals surface area contributed by atoms with Gasteiger partial charge in [0, 0.05) is 11.4 Å². The summed E-state index contributed by atoms with van der Waals surface area (Å²) in [7, 11) is 0. The van der Waals surface area contributed by atoms with Crippen molar-refractivity contribution >= 4 is 17.2 Å². The van der Waals surface area contributed by atoms with Gasteiger partial charge >= 0.3 is 0 Å². The fourth-order valence-electron chi connectivity index (χ4n) is 1.74.